The van der Waals surface area contributed by atoms with Gasteiger partial charge in [-0.2, -0.15) is 0 Å². The van der Waals surface area contributed by atoms with Crippen molar-refractivity contribution in [3.8, 4) is 0 Å². The Bertz CT molecular complexity index is 267. The number of hydrogen-bond donors (Lipinski definition) is 1. The van der Waals surface area contributed by atoms with Gasteiger partial charge in [0.05, 0.1) is 32.5 Å². The molecule has 3 nitrogen and oxygen atoms in total. The molecule has 3 heteroatoms. The van der Waals surface area contributed by atoms with E-state index in [2.05, 4.69) is 43.4 Å². The summed E-state index contributed by atoms with van der Waals surface area (Å²) in [5.41, 5.74) is 0. The van der Waals surface area contributed by atoms with E-state index in [0.29, 0.717) is 0 Å². The van der Waals surface area contributed by atoms with Crippen molar-refractivity contribution in [2.24, 2.45) is 0 Å². The van der Waals surface area contributed by atoms with E-state index in [1.54, 1.807) is 18.7 Å². The Morgan fingerprint density at radius 3 is 1.76 bits per heavy atom. The average Bonchev–Trinajstić information content (AvgIpc) is 3.08. The van der Waals surface area contributed by atoms with Gasteiger partial charge in [0.25, 0.3) is 0 Å². The first-order valence-corrected chi connectivity index (χ1v) is 8.63. The number of unbranched alkanes of at least 4 members (excludes halogenated alkanes) is 3. The molecule has 0 unspecified atom stereocenters. The number of nitrogens with zero attached hydrogens (tertiary/aromatic N) is 2. The molecule has 0 amide bonds. The van der Waals surface area contributed by atoms with Crippen LogP contribution in [0.2, 0.25) is 0 Å². The highest BCUT2D eigenvalue weighted by molar-refractivity contribution is 4.67. The summed E-state index contributed by atoms with van der Waals surface area (Å²) in [4.78, 5) is 6.42. The van der Waals surface area contributed by atoms with Crippen molar-refractivity contribution < 1.29 is 4.48 Å². The lowest BCUT2D eigenvalue weighted by atomic mass is 10.1. The van der Waals surface area contributed by atoms with E-state index >= 15 is 0 Å². The van der Waals surface area contributed by atoms with Gasteiger partial charge in [-0.1, -0.05) is 46.6 Å². The van der Waals surface area contributed by atoms with Crippen LogP contribution in [-0.2, 0) is 0 Å². The molecule has 0 saturated heterocycles. The lowest BCUT2D eigenvalue weighted by molar-refractivity contribution is -0.923. The number of quaternary nitrogens is 1. The number of hydrogen-bond acceptors (Lipinski definition) is 1. The smallest absolute Gasteiger partial charge is 0.0971 e. The molecule has 0 fully saturated rings. The molecule has 0 spiro atoms. The zero-order valence-corrected chi connectivity index (χ0v) is 14.5. The van der Waals surface area contributed by atoms with Crippen molar-refractivity contribution in [1.29, 1.82) is 0 Å². The predicted octanol–water partition coefficient (Wildman–Crippen LogP) is 4.80. The van der Waals surface area contributed by atoms with Crippen LogP contribution in [0.1, 0.15) is 59.3 Å². The number of imidazole rings is 1. The molecule has 0 aliphatic rings. The van der Waals surface area contributed by atoms with Gasteiger partial charge in [-0.25, -0.2) is 4.98 Å². The second-order valence-electron chi connectivity index (χ2n) is 5.80. The zero-order chi connectivity index (χ0) is 15.8. The molecule has 0 bridgehead atoms. The van der Waals surface area contributed by atoms with Crippen LogP contribution in [0, 0.1) is 0 Å². The average molecular weight is 295 g/mol. The van der Waals surface area contributed by atoms with Gasteiger partial charge in [0.1, 0.15) is 0 Å². The normalized spacial score (nSPS) is 10.8. The van der Waals surface area contributed by atoms with Gasteiger partial charge in [-0.05, 0) is 25.3 Å². The maximum absolute atomic E-state index is 3.95. The number of aromatic nitrogens is 2. The van der Waals surface area contributed by atoms with Crippen LogP contribution >= 0.6 is 0 Å². The van der Waals surface area contributed by atoms with Crippen LogP contribution < -0.4 is 0 Å². The van der Waals surface area contributed by atoms with E-state index in [9.17, 15) is 0 Å². The van der Waals surface area contributed by atoms with Gasteiger partial charge in [-0.3, -0.25) is 0 Å². The fraction of sp³-hybridized carbons (Fsp3) is 0.722. The van der Waals surface area contributed by atoms with Crippen molar-refractivity contribution in [1.82, 2.24) is 9.97 Å². The molecule has 1 aromatic heterocycles. The SMILES string of the molecule is C=CC[N+](CCCC)(CCCC)CCCC.c1c[nH]cn1. The third-order valence-corrected chi connectivity index (χ3v) is 3.88. The predicted molar refractivity (Wildman–Crippen MR) is 93.2 cm³/mol. The van der Waals surface area contributed by atoms with Gasteiger partial charge in [0.15, 0.2) is 0 Å². The summed E-state index contributed by atoms with van der Waals surface area (Å²) in [7, 11) is 0. The van der Waals surface area contributed by atoms with E-state index in [-0.39, 0.29) is 0 Å². The summed E-state index contributed by atoms with van der Waals surface area (Å²) in [6, 6.07) is 0. The molecule has 0 atom stereocenters. The van der Waals surface area contributed by atoms with E-state index in [1.165, 1.54) is 69.2 Å². The van der Waals surface area contributed by atoms with Crippen LogP contribution in [0.3, 0.4) is 0 Å². The Morgan fingerprint density at radius 2 is 1.52 bits per heavy atom. The minimum Gasteiger partial charge on any atom is -0.351 e. The molecule has 0 saturated carbocycles. The summed E-state index contributed by atoms with van der Waals surface area (Å²) < 4.78 is 1.29. The third kappa shape index (κ3) is 10.3. The maximum atomic E-state index is 3.95. The highest BCUT2D eigenvalue weighted by atomic mass is 15.3. The molecule has 0 radical (unpaired) electrons. The van der Waals surface area contributed by atoms with Crippen LogP contribution in [0.4, 0.5) is 0 Å². The summed E-state index contributed by atoms with van der Waals surface area (Å²) in [5.74, 6) is 0. The Hall–Kier alpha value is -1.09. The standard InChI is InChI=1S/C15H32N.C3H4N2/c1-5-9-13-16(12-8-4,14-10-6-2)15-11-7-3;1-2-5-3-4-1/h8H,4-7,9-15H2,1-3H3;1-3H,(H,4,5)/q+1;. The molecule has 0 aliphatic carbocycles. The lowest BCUT2D eigenvalue weighted by Gasteiger charge is -2.38. The molecule has 1 aromatic rings. The van der Waals surface area contributed by atoms with Crippen LogP contribution in [0.5, 0.6) is 0 Å². The zero-order valence-electron chi connectivity index (χ0n) is 14.5. The molecule has 122 valence electrons. The van der Waals surface area contributed by atoms with E-state index < -0.39 is 0 Å². The highest BCUT2D eigenvalue weighted by Crippen LogP contribution is 2.14. The van der Waals surface area contributed by atoms with Gasteiger partial charge in [-0.15, -0.1) is 0 Å². The van der Waals surface area contributed by atoms with Crippen molar-refractivity contribution in [3.05, 3.63) is 31.4 Å². The molecular formula is C18H36N3+. The summed E-state index contributed by atoms with van der Waals surface area (Å²) >= 11 is 0. The summed E-state index contributed by atoms with van der Waals surface area (Å²) in [5, 5.41) is 0. The van der Waals surface area contributed by atoms with E-state index in [4.69, 9.17) is 0 Å². The minimum absolute atomic E-state index is 1.17. The first-order chi connectivity index (χ1) is 10.2. The summed E-state index contributed by atoms with van der Waals surface area (Å²) in [6.07, 6.45) is 15.2. The lowest BCUT2D eigenvalue weighted by Crippen LogP contribution is -2.50. The van der Waals surface area contributed by atoms with Crippen molar-refractivity contribution in [2.45, 2.75) is 59.3 Å². The van der Waals surface area contributed by atoms with Gasteiger partial charge < -0.3 is 9.47 Å². The van der Waals surface area contributed by atoms with Gasteiger partial charge in [0, 0.05) is 12.4 Å². The molecule has 1 rings (SSSR count). The molecule has 21 heavy (non-hydrogen) atoms. The van der Waals surface area contributed by atoms with Crippen LogP contribution in [0.25, 0.3) is 0 Å². The highest BCUT2D eigenvalue weighted by Gasteiger charge is 2.23. The van der Waals surface area contributed by atoms with Gasteiger partial charge in [0.2, 0.25) is 0 Å². The van der Waals surface area contributed by atoms with E-state index in [0.717, 1.165) is 0 Å². The maximum Gasteiger partial charge on any atom is 0.0971 e. The van der Waals surface area contributed by atoms with Crippen LogP contribution in [0.15, 0.2) is 31.4 Å². The molecule has 0 aliphatic heterocycles. The van der Waals surface area contributed by atoms with Crippen molar-refractivity contribution >= 4 is 0 Å². The second-order valence-corrected chi connectivity index (χ2v) is 5.80. The Morgan fingerprint density at radius 1 is 1.00 bits per heavy atom. The van der Waals surface area contributed by atoms with Gasteiger partial charge >= 0.3 is 0 Å². The second kappa shape index (κ2) is 13.9. The minimum atomic E-state index is 1.17. The largest absolute Gasteiger partial charge is 0.351 e. The van der Waals surface area contributed by atoms with Crippen molar-refractivity contribution in [3.63, 3.8) is 0 Å². The molecular weight excluding hydrogens is 258 g/mol. The Balaban J connectivity index is 0.000000662. The van der Waals surface area contributed by atoms with Crippen LogP contribution in [-0.4, -0.2) is 40.6 Å². The summed E-state index contributed by atoms with van der Waals surface area (Å²) in [6.45, 7) is 16.1. The first kappa shape index (κ1) is 19.9. The molecule has 1 heterocycles. The third-order valence-electron chi connectivity index (χ3n) is 3.88. The quantitative estimate of drug-likeness (QED) is 0.461. The number of H-pyrrole nitrogens is 1. The molecule has 0 aromatic carbocycles. The number of rotatable bonds is 11. The first-order valence-electron chi connectivity index (χ1n) is 8.63. The monoisotopic (exact) mass is 294 g/mol. The fourth-order valence-corrected chi connectivity index (χ4v) is 2.58. The molecule has 1 N–H and O–H groups in total. The number of nitrogens with one attached hydrogen (secondary N) is 1. The topological polar surface area (TPSA) is 28.7 Å². The van der Waals surface area contributed by atoms with Crippen molar-refractivity contribution in [2.75, 3.05) is 26.2 Å². The fourth-order valence-electron chi connectivity index (χ4n) is 2.58. The Kier molecular flexibility index (Phi) is 13.2. The number of aromatic amines is 1. The van der Waals surface area contributed by atoms with E-state index in [1.807, 2.05) is 0 Å². The Labute approximate surface area is 132 Å².